The van der Waals surface area contributed by atoms with Gasteiger partial charge in [0.05, 0.1) is 5.01 Å². The summed E-state index contributed by atoms with van der Waals surface area (Å²) in [7, 11) is 0. The van der Waals surface area contributed by atoms with Gasteiger partial charge < -0.3 is 15.7 Å². The van der Waals surface area contributed by atoms with Crippen molar-refractivity contribution in [2.45, 2.75) is 12.5 Å². The molecule has 0 bridgehead atoms. The zero-order valence-corrected chi connectivity index (χ0v) is 12.0. The summed E-state index contributed by atoms with van der Waals surface area (Å²) in [5.41, 5.74) is 0.528. The predicted octanol–water partition coefficient (Wildman–Crippen LogP) is 1.81. The standard InChI is InChI=1S/C14H15N3O3S/c18-13(19)12(10-4-2-1-3-5-10)17-14(20)16-7-6-11-15-8-9-21-11/h1-5,8-9,12H,6-7H2,(H,18,19)(H2,16,17,20). The second kappa shape index (κ2) is 7.39. The SMILES string of the molecule is O=C(NCCc1nccs1)NC(C(=O)O)c1ccccc1. The third kappa shape index (κ3) is 4.57. The molecule has 2 rings (SSSR count). The van der Waals surface area contributed by atoms with E-state index >= 15 is 0 Å². The molecule has 1 aromatic heterocycles. The van der Waals surface area contributed by atoms with Gasteiger partial charge in [-0.2, -0.15) is 0 Å². The normalized spacial score (nSPS) is 11.6. The van der Waals surface area contributed by atoms with Gasteiger partial charge in [0.25, 0.3) is 0 Å². The van der Waals surface area contributed by atoms with Crippen molar-refractivity contribution in [1.82, 2.24) is 15.6 Å². The smallest absolute Gasteiger partial charge is 0.330 e. The molecule has 1 aromatic carbocycles. The van der Waals surface area contributed by atoms with Crippen LogP contribution in [0.25, 0.3) is 0 Å². The Bertz CT molecular complexity index is 587. The molecular weight excluding hydrogens is 290 g/mol. The molecule has 3 N–H and O–H groups in total. The molecule has 2 aromatic rings. The van der Waals surface area contributed by atoms with E-state index in [-0.39, 0.29) is 0 Å². The molecule has 21 heavy (non-hydrogen) atoms. The number of carboxylic acid groups (broad SMARTS) is 1. The quantitative estimate of drug-likeness (QED) is 0.759. The maximum absolute atomic E-state index is 11.8. The maximum Gasteiger partial charge on any atom is 0.330 e. The van der Waals surface area contributed by atoms with E-state index in [0.717, 1.165) is 5.01 Å². The summed E-state index contributed by atoms with van der Waals surface area (Å²) in [5, 5.41) is 17.1. The summed E-state index contributed by atoms with van der Waals surface area (Å²) in [5.74, 6) is -1.10. The van der Waals surface area contributed by atoms with Crippen LogP contribution in [0.2, 0.25) is 0 Å². The van der Waals surface area contributed by atoms with Crippen LogP contribution in [0.1, 0.15) is 16.6 Å². The van der Waals surface area contributed by atoms with Crippen LogP contribution < -0.4 is 10.6 Å². The first-order valence-electron chi connectivity index (χ1n) is 6.37. The molecule has 0 radical (unpaired) electrons. The number of urea groups is 1. The number of rotatable bonds is 6. The number of nitrogens with zero attached hydrogens (tertiary/aromatic N) is 1. The van der Waals surface area contributed by atoms with E-state index in [1.54, 1.807) is 36.5 Å². The fourth-order valence-corrected chi connectivity index (χ4v) is 2.40. The fraction of sp³-hybridized carbons (Fsp3) is 0.214. The minimum Gasteiger partial charge on any atom is -0.479 e. The van der Waals surface area contributed by atoms with E-state index in [4.69, 9.17) is 0 Å². The molecule has 1 atom stereocenters. The van der Waals surface area contributed by atoms with Crippen LogP contribution >= 0.6 is 11.3 Å². The van der Waals surface area contributed by atoms with Gasteiger partial charge in [0.2, 0.25) is 0 Å². The van der Waals surface area contributed by atoms with Crippen LogP contribution in [-0.2, 0) is 11.2 Å². The maximum atomic E-state index is 11.8. The zero-order valence-electron chi connectivity index (χ0n) is 11.2. The topological polar surface area (TPSA) is 91.3 Å². The number of carbonyl (C=O) groups excluding carboxylic acids is 1. The highest BCUT2D eigenvalue weighted by molar-refractivity contribution is 7.09. The number of carboxylic acids is 1. The minimum absolute atomic E-state index is 0.403. The van der Waals surface area contributed by atoms with E-state index in [2.05, 4.69) is 15.6 Å². The van der Waals surface area contributed by atoms with E-state index in [9.17, 15) is 14.7 Å². The largest absolute Gasteiger partial charge is 0.479 e. The molecule has 110 valence electrons. The second-order valence-corrected chi connectivity index (χ2v) is 5.24. The number of thiazole rings is 1. The van der Waals surface area contributed by atoms with Gasteiger partial charge in [-0.3, -0.25) is 0 Å². The Kier molecular flexibility index (Phi) is 5.28. The molecule has 1 unspecified atom stereocenters. The molecule has 7 heteroatoms. The fourth-order valence-electron chi connectivity index (χ4n) is 1.77. The van der Waals surface area contributed by atoms with Gasteiger partial charge in [0.15, 0.2) is 6.04 Å². The van der Waals surface area contributed by atoms with Crippen molar-refractivity contribution in [3.63, 3.8) is 0 Å². The molecule has 0 saturated carbocycles. The Morgan fingerprint density at radius 3 is 2.67 bits per heavy atom. The Morgan fingerprint density at radius 1 is 1.29 bits per heavy atom. The summed E-state index contributed by atoms with van der Waals surface area (Å²) < 4.78 is 0. The molecule has 0 aliphatic rings. The third-order valence-corrected chi connectivity index (χ3v) is 3.60. The lowest BCUT2D eigenvalue weighted by Gasteiger charge is -2.15. The van der Waals surface area contributed by atoms with Crippen LogP contribution in [0, 0.1) is 0 Å². The first kappa shape index (κ1) is 15.0. The lowest BCUT2D eigenvalue weighted by Crippen LogP contribution is -2.41. The number of carbonyl (C=O) groups is 2. The number of aliphatic carboxylic acids is 1. The van der Waals surface area contributed by atoms with Crippen molar-refractivity contribution in [3.05, 3.63) is 52.5 Å². The highest BCUT2D eigenvalue weighted by Gasteiger charge is 2.21. The summed E-state index contributed by atoms with van der Waals surface area (Å²) in [6.45, 7) is 0.403. The van der Waals surface area contributed by atoms with Gasteiger partial charge in [0.1, 0.15) is 0 Å². The number of aromatic nitrogens is 1. The summed E-state index contributed by atoms with van der Waals surface area (Å²) in [6.07, 6.45) is 2.32. The molecule has 0 aliphatic carbocycles. The molecule has 0 aliphatic heterocycles. The Labute approximate surface area is 125 Å². The average Bonchev–Trinajstić information content (AvgIpc) is 2.98. The van der Waals surface area contributed by atoms with Crippen LogP contribution in [0.15, 0.2) is 41.9 Å². The number of hydrogen-bond acceptors (Lipinski definition) is 4. The first-order chi connectivity index (χ1) is 10.2. The second-order valence-electron chi connectivity index (χ2n) is 4.26. The van der Waals surface area contributed by atoms with Gasteiger partial charge in [-0.25, -0.2) is 14.6 Å². The predicted molar refractivity (Wildman–Crippen MR) is 79.2 cm³/mol. The van der Waals surface area contributed by atoms with Crippen molar-refractivity contribution in [1.29, 1.82) is 0 Å². The van der Waals surface area contributed by atoms with Crippen molar-refractivity contribution < 1.29 is 14.7 Å². The highest BCUT2D eigenvalue weighted by atomic mass is 32.1. The molecule has 0 spiro atoms. The lowest BCUT2D eigenvalue weighted by atomic mass is 10.1. The van der Waals surface area contributed by atoms with E-state index in [0.29, 0.717) is 18.5 Å². The molecule has 6 nitrogen and oxygen atoms in total. The molecule has 0 saturated heterocycles. The van der Waals surface area contributed by atoms with Crippen LogP contribution in [0.5, 0.6) is 0 Å². The minimum atomic E-state index is -1.10. The van der Waals surface area contributed by atoms with Crippen LogP contribution in [-0.4, -0.2) is 28.6 Å². The Balaban J connectivity index is 1.85. The van der Waals surface area contributed by atoms with Crippen LogP contribution in [0.3, 0.4) is 0 Å². The summed E-state index contributed by atoms with van der Waals surface area (Å²) in [6, 6.07) is 6.99. The monoisotopic (exact) mass is 305 g/mol. The van der Waals surface area contributed by atoms with Crippen molar-refractivity contribution in [3.8, 4) is 0 Å². The van der Waals surface area contributed by atoms with Gasteiger partial charge in [0, 0.05) is 24.5 Å². The van der Waals surface area contributed by atoms with Gasteiger partial charge in [-0.05, 0) is 5.56 Å². The van der Waals surface area contributed by atoms with E-state index in [1.807, 2.05) is 5.38 Å². The van der Waals surface area contributed by atoms with Crippen molar-refractivity contribution in [2.75, 3.05) is 6.54 Å². The van der Waals surface area contributed by atoms with Crippen LogP contribution in [0.4, 0.5) is 4.79 Å². The first-order valence-corrected chi connectivity index (χ1v) is 7.25. The van der Waals surface area contributed by atoms with Gasteiger partial charge >= 0.3 is 12.0 Å². The number of amides is 2. The number of hydrogen-bond donors (Lipinski definition) is 3. The number of benzene rings is 1. The van der Waals surface area contributed by atoms with E-state index < -0.39 is 18.0 Å². The van der Waals surface area contributed by atoms with Gasteiger partial charge in [-0.1, -0.05) is 30.3 Å². The summed E-state index contributed by atoms with van der Waals surface area (Å²) >= 11 is 1.51. The molecular formula is C14H15N3O3S. The highest BCUT2D eigenvalue weighted by Crippen LogP contribution is 2.12. The lowest BCUT2D eigenvalue weighted by molar-refractivity contribution is -0.139. The van der Waals surface area contributed by atoms with E-state index in [1.165, 1.54) is 11.3 Å². The van der Waals surface area contributed by atoms with Gasteiger partial charge in [-0.15, -0.1) is 11.3 Å². The zero-order chi connectivity index (χ0) is 15.1. The Morgan fingerprint density at radius 2 is 2.05 bits per heavy atom. The average molecular weight is 305 g/mol. The van der Waals surface area contributed by atoms with Crippen molar-refractivity contribution >= 4 is 23.3 Å². The summed E-state index contributed by atoms with van der Waals surface area (Å²) in [4.78, 5) is 27.1. The van der Waals surface area contributed by atoms with Crippen molar-refractivity contribution in [2.24, 2.45) is 0 Å². The number of nitrogens with one attached hydrogen (secondary N) is 2. The molecule has 1 heterocycles. The third-order valence-electron chi connectivity index (χ3n) is 2.76. The molecule has 0 fully saturated rings. The Hall–Kier alpha value is -2.41. The molecule has 2 amide bonds.